The van der Waals surface area contributed by atoms with Gasteiger partial charge in [-0.3, -0.25) is 9.69 Å². The molecule has 2 N–H and O–H groups in total. The average molecular weight is 236 g/mol. The van der Waals surface area contributed by atoms with Crippen LogP contribution >= 0.6 is 0 Å². The Hall–Kier alpha value is -1.20. The lowest BCUT2D eigenvalue weighted by Gasteiger charge is -2.24. The summed E-state index contributed by atoms with van der Waals surface area (Å²) in [6.45, 7) is 3.38. The van der Waals surface area contributed by atoms with Crippen LogP contribution in [0.25, 0.3) is 0 Å². The van der Waals surface area contributed by atoms with E-state index in [1.165, 1.54) is 0 Å². The Morgan fingerprint density at radius 3 is 2.94 bits per heavy atom. The molecule has 17 heavy (non-hydrogen) atoms. The van der Waals surface area contributed by atoms with Crippen molar-refractivity contribution in [3.8, 4) is 0 Å². The van der Waals surface area contributed by atoms with Crippen LogP contribution in [0.5, 0.6) is 0 Å². The topological polar surface area (TPSA) is 64.2 Å². The fourth-order valence-corrected chi connectivity index (χ4v) is 2.40. The first-order valence-electron chi connectivity index (χ1n) is 6.03. The molecular formula is C12H20N4O. The van der Waals surface area contributed by atoms with Crippen LogP contribution in [0.4, 0.5) is 0 Å². The van der Waals surface area contributed by atoms with Gasteiger partial charge in [-0.15, -0.1) is 0 Å². The fraction of sp³-hybridized carbons (Fsp3) is 0.667. The van der Waals surface area contributed by atoms with Crippen molar-refractivity contribution < 1.29 is 4.79 Å². The van der Waals surface area contributed by atoms with E-state index < -0.39 is 0 Å². The third-order valence-corrected chi connectivity index (χ3v) is 3.33. The first kappa shape index (κ1) is 12.3. The molecule has 0 aromatic carbocycles. The lowest BCUT2D eigenvalue weighted by atomic mass is 10.1. The van der Waals surface area contributed by atoms with Crippen LogP contribution in [0, 0.1) is 0 Å². The van der Waals surface area contributed by atoms with Crippen molar-refractivity contribution in [1.29, 1.82) is 0 Å². The number of carbonyl (C=O) groups is 1. The van der Waals surface area contributed by atoms with Crippen LogP contribution in [0.2, 0.25) is 0 Å². The molecule has 1 aromatic heterocycles. The second-order valence-electron chi connectivity index (χ2n) is 4.90. The molecule has 5 nitrogen and oxygen atoms in total. The minimum absolute atomic E-state index is 0.0709. The van der Waals surface area contributed by atoms with Crippen molar-refractivity contribution in [3.05, 3.63) is 18.2 Å². The van der Waals surface area contributed by atoms with E-state index in [1.807, 2.05) is 17.8 Å². The number of aromatic nitrogens is 2. The van der Waals surface area contributed by atoms with Crippen molar-refractivity contribution >= 4 is 5.78 Å². The fourth-order valence-electron chi connectivity index (χ4n) is 2.40. The SMILES string of the molecule is CC(=O)[C@H](Cc1cn(C)cn1)N1CCC(N)C1. The summed E-state index contributed by atoms with van der Waals surface area (Å²) in [5.74, 6) is 0.199. The smallest absolute Gasteiger partial charge is 0.147 e. The average Bonchev–Trinajstić information content (AvgIpc) is 2.83. The standard InChI is InChI=1S/C12H20N4O/c1-9(17)12(16-4-3-10(13)6-16)5-11-7-15(2)8-14-11/h7-8,10,12H,3-6,13H2,1-2H3/t10?,12-/m0/s1. The second kappa shape index (κ2) is 4.98. The molecule has 5 heteroatoms. The van der Waals surface area contributed by atoms with Crippen molar-refractivity contribution in [1.82, 2.24) is 14.5 Å². The zero-order valence-corrected chi connectivity index (χ0v) is 10.5. The number of hydrogen-bond donors (Lipinski definition) is 1. The Kier molecular flexibility index (Phi) is 3.59. The number of likely N-dealkylation sites (tertiary alicyclic amines) is 1. The Bertz CT molecular complexity index is 401. The molecule has 1 aliphatic rings. The number of imidazole rings is 1. The van der Waals surface area contributed by atoms with Crippen molar-refractivity contribution in [2.45, 2.75) is 31.8 Å². The first-order chi connectivity index (χ1) is 8.06. The largest absolute Gasteiger partial charge is 0.340 e. The van der Waals surface area contributed by atoms with Crippen LogP contribution < -0.4 is 5.73 Å². The summed E-state index contributed by atoms with van der Waals surface area (Å²) in [4.78, 5) is 18.2. The summed E-state index contributed by atoms with van der Waals surface area (Å²) >= 11 is 0. The highest BCUT2D eigenvalue weighted by atomic mass is 16.1. The molecule has 1 fully saturated rings. The summed E-state index contributed by atoms with van der Waals surface area (Å²) in [5.41, 5.74) is 6.85. The molecule has 2 rings (SSSR count). The van der Waals surface area contributed by atoms with Gasteiger partial charge in [0.05, 0.1) is 18.1 Å². The lowest BCUT2D eigenvalue weighted by molar-refractivity contribution is -0.121. The van der Waals surface area contributed by atoms with Gasteiger partial charge in [0.25, 0.3) is 0 Å². The molecule has 1 aromatic rings. The van der Waals surface area contributed by atoms with E-state index in [0.29, 0.717) is 6.42 Å². The van der Waals surface area contributed by atoms with Gasteiger partial charge in [-0.2, -0.15) is 0 Å². The highest BCUT2D eigenvalue weighted by Crippen LogP contribution is 2.15. The predicted molar refractivity (Wildman–Crippen MR) is 65.5 cm³/mol. The third kappa shape index (κ3) is 2.92. The summed E-state index contributed by atoms with van der Waals surface area (Å²) in [6, 6.07) is 0.138. The quantitative estimate of drug-likeness (QED) is 0.796. The molecular weight excluding hydrogens is 216 g/mol. The zero-order chi connectivity index (χ0) is 12.4. The maximum absolute atomic E-state index is 11.7. The predicted octanol–water partition coefficient (Wildman–Crippen LogP) is -0.0468. The molecule has 0 amide bonds. The number of Topliss-reactive ketones (excluding diaryl/α,β-unsaturated/α-hetero) is 1. The van der Waals surface area contributed by atoms with Crippen molar-refractivity contribution in [3.63, 3.8) is 0 Å². The van der Waals surface area contributed by atoms with Gasteiger partial charge in [0.1, 0.15) is 5.78 Å². The van der Waals surface area contributed by atoms with Gasteiger partial charge < -0.3 is 10.3 Å². The molecule has 1 unspecified atom stereocenters. The van der Waals surface area contributed by atoms with Crippen LogP contribution in [0.15, 0.2) is 12.5 Å². The van der Waals surface area contributed by atoms with Gasteiger partial charge in [-0.05, 0) is 13.3 Å². The van der Waals surface area contributed by atoms with E-state index in [-0.39, 0.29) is 17.9 Å². The van der Waals surface area contributed by atoms with Crippen LogP contribution in [-0.2, 0) is 18.3 Å². The van der Waals surface area contributed by atoms with Gasteiger partial charge >= 0.3 is 0 Å². The maximum atomic E-state index is 11.7. The van der Waals surface area contributed by atoms with E-state index in [9.17, 15) is 4.79 Å². The van der Waals surface area contributed by atoms with E-state index in [4.69, 9.17) is 5.73 Å². The Morgan fingerprint density at radius 2 is 2.47 bits per heavy atom. The molecule has 94 valence electrons. The number of rotatable bonds is 4. The minimum Gasteiger partial charge on any atom is -0.340 e. The molecule has 1 aliphatic heterocycles. The third-order valence-electron chi connectivity index (χ3n) is 3.33. The zero-order valence-electron chi connectivity index (χ0n) is 10.5. The summed E-state index contributed by atoms with van der Waals surface area (Å²) in [7, 11) is 1.94. The van der Waals surface area contributed by atoms with Gasteiger partial charge in [0.15, 0.2) is 0 Å². The Labute approximate surface area is 102 Å². The molecule has 0 aliphatic carbocycles. The van der Waals surface area contributed by atoms with E-state index in [1.54, 1.807) is 13.3 Å². The normalized spacial score (nSPS) is 22.9. The van der Waals surface area contributed by atoms with E-state index in [0.717, 1.165) is 25.2 Å². The van der Waals surface area contributed by atoms with Gasteiger partial charge in [0, 0.05) is 38.8 Å². The molecule has 0 bridgehead atoms. The second-order valence-corrected chi connectivity index (χ2v) is 4.90. The van der Waals surface area contributed by atoms with Crippen molar-refractivity contribution in [2.75, 3.05) is 13.1 Å². The molecule has 1 saturated heterocycles. The molecule has 2 atom stereocenters. The number of nitrogens with zero attached hydrogens (tertiary/aromatic N) is 3. The maximum Gasteiger partial charge on any atom is 0.147 e. The summed E-state index contributed by atoms with van der Waals surface area (Å²) < 4.78 is 1.91. The van der Waals surface area contributed by atoms with Gasteiger partial charge in [-0.25, -0.2) is 4.98 Å². The van der Waals surface area contributed by atoms with Crippen LogP contribution in [-0.4, -0.2) is 45.4 Å². The molecule has 0 radical (unpaired) electrons. The summed E-state index contributed by atoms with van der Waals surface area (Å²) in [5, 5.41) is 0. The van der Waals surface area contributed by atoms with E-state index in [2.05, 4.69) is 9.88 Å². The Morgan fingerprint density at radius 1 is 1.71 bits per heavy atom. The number of hydrogen-bond acceptors (Lipinski definition) is 4. The van der Waals surface area contributed by atoms with Crippen LogP contribution in [0.3, 0.4) is 0 Å². The highest BCUT2D eigenvalue weighted by molar-refractivity contribution is 5.81. The number of aryl methyl sites for hydroxylation is 1. The van der Waals surface area contributed by atoms with E-state index >= 15 is 0 Å². The Balaban J connectivity index is 2.05. The number of carbonyl (C=O) groups excluding carboxylic acids is 1. The van der Waals surface area contributed by atoms with Crippen LogP contribution in [0.1, 0.15) is 19.0 Å². The molecule has 2 heterocycles. The highest BCUT2D eigenvalue weighted by Gasteiger charge is 2.29. The monoisotopic (exact) mass is 236 g/mol. The number of ketones is 1. The minimum atomic E-state index is -0.0709. The first-order valence-corrected chi connectivity index (χ1v) is 6.03. The number of nitrogens with two attached hydrogens (primary N) is 1. The molecule has 0 spiro atoms. The van der Waals surface area contributed by atoms with Crippen molar-refractivity contribution in [2.24, 2.45) is 12.8 Å². The molecule has 0 saturated carbocycles. The lowest BCUT2D eigenvalue weighted by Crippen LogP contribution is -2.41. The summed E-state index contributed by atoms with van der Waals surface area (Å²) in [6.07, 6.45) is 5.39. The van der Waals surface area contributed by atoms with Gasteiger partial charge in [-0.1, -0.05) is 0 Å². The van der Waals surface area contributed by atoms with Gasteiger partial charge in [0.2, 0.25) is 0 Å².